The van der Waals surface area contributed by atoms with Crippen molar-refractivity contribution < 1.29 is 18.7 Å². The monoisotopic (exact) mass is 457 g/mol. The van der Waals surface area contributed by atoms with Gasteiger partial charge in [0, 0.05) is 28.0 Å². The summed E-state index contributed by atoms with van der Waals surface area (Å²) in [5.74, 6) is 1.19. The first-order valence-electron chi connectivity index (χ1n) is 12.1. The van der Waals surface area contributed by atoms with E-state index in [2.05, 4.69) is 19.2 Å². The fourth-order valence-corrected chi connectivity index (χ4v) is 6.43. The molecule has 1 aromatic heterocycles. The summed E-state index contributed by atoms with van der Waals surface area (Å²) in [4.78, 5) is 25.4. The predicted octanol–water partition coefficient (Wildman–Crippen LogP) is 6.10. The number of carbonyl (C=O) groups excluding carboxylic acids is 2. The lowest BCUT2D eigenvalue weighted by Gasteiger charge is -2.34. The number of amides is 1. The van der Waals surface area contributed by atoms with E-state index < -0.39 is 5.97 Å². The number of rotatable bonds is 7. The predicted molar refractivity (Wildman–Crippen MR) is 129 cm³/mol. The molecular weight excluding hydrogens is 422 g/mol. The molecule has 0 radical (unpaired) electrons. The number of hydrogen-bond donors (Lipinski definition) is 1. The van der Waals surface area contributed by atoms with Crippen molar-refractivity contribution in [1.82, 2.24) is 5.32 Å². The zero-order valence-electron chi connectivity index (χ0n) is 19.2. The van der Waals surface area contributed by atoms with Gasteiger partial charge in [-0.2, -0.15) is 11.8 Å². The number of carbonyl (C=O) groups is 2. The first-order valence-corrected chi connectivity index (χ1v) is 13.2. The molecule has 1 aromatic carbocycles. The van der Waals surface area contributed by atoms with E-state index in [9.17, 15) is 9.59 Å². The zero-order chi connectivity index (χ0) is 22.5. The van der Waals surface area contributed by atoms with Crippen molar-refractivity contribution >= 4 is 34.6 Å². The summed E-state index contributed by atoms with van der Waals surface area (Å²) in [5, 5.41) is 4.65. The van der Waals surface area contributed by atoms with Crippen molar-refractivity contribution in [3.05, 3.63) is 35.6 Å². The number of para-hydroxylation sites is 1. The summed E-state index contributed by atoms with van der Waals surface area (Å²) in [5.41, 5.74) is 1.57. The van der Waals surface area contributed by atoms with Crippen LogP contribution in [-0.4, -0.2) is 29.8 Å². The maximum absolute atomic E-state index is 12.9. The van der Waals surface area contributed by atoms with Crippen LogP contribution in [0.1, 0.15) is 81.3 Å². The van der Waals surface area contributed by atoms with Crippen LogP contribution >= 0.6 is 11.8 Å². The number of esters is 1. The Balaban J connectivity index is 1.39. The Hall–Kier alpha value is -1.95. The van der Waals surface area contributed by atoms with Crippen LogP contribution in [0.3, 0.4) is 0 Å². The largest absolute Gasteiger partial charge is 0.450 e. The smallest absolute Gasteiger partial charge is 0.375 e. The molecule has 2 aliphatic carbocycles. The summed E-state index contributed by atoms with van der Waals surface area (Å²) in [7, 11) is 0. The van der Waals surface area contributed by atoms with Gasteiger partial charge in [0.15, 0.2) is 6.61 Å². The van der Waals surface area contributed by atoms with Crippen LogP contribution in [0.4, 0.5) is 0 Å². The van der Waals surface area contributed by atoms with Crippen molar-refractivity contribution in [2.75, 3.05) is 6.61 Å². The van der Waals surface area contributed by atoms with E-state index in [-0.39, 0.29) is 24.3 Å². The minimum atomic E-state index is -0.555. The highest BCUT2D eigenvalue weighted by atomic mass is 32.2. The third kappa shape index (κ3) is 5.51. The summed E-state index contributed by atoms with van der Waals surface area (Å²) in [6.07, 6.45) is 9.67. The number of furan rings is 1. The molecular formula is C26H35NO4S. The van der Waals surface area contributed by atoms with Gasteiger partial charge >= 0.3 is 5.97 Å². The second-order valence-electron chi connectivity index (χ2n) is 9.49. The van der Waals surface area contributed by atoms with Crippen LogP contribution in [0.25, 0.3) is 11.0 Å². The number of ether oxygens (including phenoxy) is 1. The van der Waals surface area contributed by atoms with Crippen molar-refractivity contribution in [2.45, 2.75) is 82.3 Å². The number of fused-ring (bicyclic) bond motifs is 1. The lowest BCUT2D eigenvalue weighted by Crippen LogP contribution is -2.45. The van der Waals surface area contributed by atoms with Gasteiger partial charge < -0.3 is 14.5 Å². The van der Waals surface area contributed by atoms with Crippen molar-refractivity contribution in [2.24, 2.45) is 11.8 Å². The first-order chi connectivity index (χ1) is 15.5. The summed E-state index contributed by atoms with van der Waals surface area (Å²) < 4.78 is 11.3. The maximum Gasteiger partial charge on any atom is 0.375 e. The fourth-order valence-electron chi connectivity index (χ4n) is 5.07. The van der Waals surface area contributed by atoms with Crippen molar-refractivity contribution in [3.63, 3.8) is 0 Å². The van der Waals surface area contributed by atoms with E-state index in [1.807, 2.05) is 36.0 Å². The molecule has 2 aromatic rings. The second kappa shape index (κ2) is 10.8. The minimum absolute atomic E-state index is 0.151. The summed E-state index contributed by atoms with van der Waals surface area (Å²) >= 11 is 1.90. The van der Waals surface area contributed by atoms with Gasteiger partial charge in [0.25, 0.3) is 5.91 Å². The van der Waals surface area contributed by atoms with Crippen LogP contribution in [0.15, 0.2) is 28.7 Å². The molecule has 2 aliphatic rings. The number of benzene rings is 1. The third-order valence-corrected chi connectivity index (χ3v) is 8.68. The first kappa shape index (κ1) is 23.2. The Kier molecular flexibility index (Phi) is 7.82. The van der Waals surface area contributed by atoms with Gasteiger partial charge in [0.05, 0.1) is 0 Å². The molecule has 32 heavy (non-hydrogen) atoms. The number of hydrogen-bond acceptors (Lipinski definition) is 5. The fraction of sp³-hybridized carbons (Fsp3) is 0.615. The Morgan fingerprint density at radius 1 is 1.06 bits per heavy atom. The molecule has 4 rings (SSSR count). The van der Waals surface area contributed by atoms with Crippen LogP contribution in [0.5, 0.6) is 0 Å². The van der Waals surface area contributed by atoms with Crippen LogP contribution in [0, 0.1) is 11.8 Å². The molecule has 1 N–H and O–H groups in total. The van der Waals surface area contributed by atoms with Gasteiger partial charge in [0.1, 0.15) is 5.58 Å². The van der Waals surface area contributed by atoms with E-state index in [1.54, 1.807) is 0 Å². The second-order valence-corrected chi connectivity index (χ2v) is 10.8. The molecule has 6 heteroatoms. The van der Waals surface area contributed by atoms with E-state index in [0.717, 1.165) is 29.5 Å². The molecule has 0 spiro atoms. The van der Waals surface area contributed by atoms with E-state index >= 15 is 0 Å². The molecule has 1 amide bonds. The van der Waals surface area contributed by atoms with E-state index in [1.165, 1.54) is 38.5 Å². The van der Waals surface area contributed by atoms with Gasteiger partial charge in [0.2, 0.25) is 5.76 Å². The number of thioether (sulfide) groups is 1. The molecule has 3 atom stereocenters. The van der Waals surface area contributed by atoms with Gasteiger partial charge in [-0.3, -0.25) is 4.79 Å². The van der Waals surface area contributed by atoms with Crippen LogP contribution in [-0.2, 0) is 15.3 Å². The highest BCUT2D eigenvalue weighted by Crippen LogP contribution is 2.35. The highest BCUT2D eigenvalue weighted by molar-refractivity contribution is 7.99. The minimum Gasteiger partial charge on any atom is -0.450 e. The van der Waals surface area contributed by atoms with Gasteiger partial charge in [-0.1, -0.05) is 64.2 Å². The van der Waals surface area contributed by atoms with Crippen molar-refractivity contribution in [1.29, 1.82) is 0 Å². The molecule has 1 heterocycles. The average molecular weight is 458 g/mol. The molecule has 5 nitrogen and oxygen atoms in total. The standard InChI is InChI=1S/C26H35NO4S/c1-17-9-8-13-22(18(17)2)27-24(28)15-30-26(29)25-21(16-32-19-10-4-3-5-11-19)20-12-6-7-14-23(20)31-25/h6-7,12,14,17-19,22H,3-5,8-11,13,15-16H2,1-2H3,(H,27,28). The van der Waals surface area contributed by atoms with E-state index in [0.29, 0.717) is 22.7 Å². The Morgan fingerprint density at radius 2 is 1.84 bits per heavy atom. The molecule has 3 unspecified atom stereocenters. The number of nitrogens with one attached hydrogen (secondary N) is 1. The maximum atomic E-state index is 12.9. The molecule has 0 saturated heterocycles. The van der Waals surface area contributed by atoms with Gasteiger partial charge in [-0.05, 0) is 37.2 Å². The van der Waals surface area contributed by atoms with Crippen LogP contribution < -0.4 is 5.32 Å². The summed E-state index contributed by atoms with van der Waals surface area (Å²) in [6.45, 7) is 4.14. The Morgan fingerprint density at radius 3 is 2.66 bits per heavy atom. The quantitative estimate of drug-likeness (QED) is 0.509. The SMILES string of the molecule is CC1CCCC(NC(=O)COC(=O)c2oc3ccccc3c2CSC2CCCCC2)C1C. The van der Waals surface area contributed by atoms with Crippen molar-refractivity contribution in [3.8, 4) is 0 Å². The third-order valence-electron chi connectivity index (χ3n) is 7.29. The molecule has 2 saturated carbocycles. The lowest BCUT2D eigenvalue weighted by atomic mass is 9.78. The Bertz CT molecular complexity index is 933. The molecule has 0 aliphatic heterocycles. The Labute approximate surface area is 195 Å². The van der Waals surface area contributed by atoms with Gasteiger partial charge in [-0.25, -0.2) is 4.79 Å². The molecule has 0 bridgehead atoms. The van der Waals surface area contributed by atoms with E-state index in [4.69, 9.17) is 9.15 Å². The zero-order valence-corrected chi connectivity index (χ0v) is 20.0. The highest BCUT2D eigenvalue weighted by Gasteiger charge is 2.29. The average Bonchev–Trinajstić information content (AvgIpc) is 3.18. The normalized spacial score (nSPS) is 24.4. The lowest BCUT2D eigenvalue weighted by molar-refractivity contribution is -0.125. The molecule has 2 fully saturated rings. The summed E-state index contributed by atoms with van der Waals surface area (Å²) in [6, 6.07) is 7.88. The van der Waals surface area contributed by atoms with Gasteiger partial charge in [-0.15, -0.1) is 0 Å². The topological polar surface area (TPSA) is 68.5 Å². The molecule has 174 valence electrons. The van der Waals surface area contributed by atoms with Crippen LogP contribution in [0.2, 0.25) is 0 Å².